The summed E-state index contributed by atoms with van der Waals surface area (Å²) in [5.41, 5.74) is 1.99. The van der Waals surface area contributed by atoms with Gasteiger partial charge in [0.1, 0.15) is 11.5 Å². The van der Waals surface area contributed by atoms with Crippen LogP contribution in [-0.2, 0) is 6.54 Å². The SMILES string of the molecule is CN1CN(c2c(F)cc(C#Cc3ccccc3)cc2F)Cc2cccnc21. The van der Waals surface area contributed by atoms with Crippen molar-refractivity contribution in [1.29, 1.82) is 0 Å². The lowest BCUT2D eigenvalue weighted by Crippen LogP contribution is -2.41. The Balaban J connectivity index is 1.65. The number of nitrogens with zero attached hydrogens (tertiary/aromatic N) is 3. The van der Waals surface area contributed by atoms with Gasteiger partial charge in [0.05, 0.1) is 6.67 Å². The van der Waals surface area contributed by atoms with Crippen LogP contribution in [0.4, 0.5) is 20.3 Å². The normalized spacial score (nSPS) is 13.0. The molecule has 0 atom stereocenters. The Morgan fingerprint density at radius 2 is 1.63 bits per heavy atom. The van der Waals surface area contributed by atoms with E-state index >= 15 is 0 Å². The van der Waals surface area contributed by atoms with Gasteiger partial charge in [-0.15, -0.1) is 0 Å². The Hall–Kier alpha value is -3.39. The van der Waals surface area contributed by atoms with Crippen molar-refractivity contribution in [2.75, 3.05) is 23.5 Å². The maximum Gasteiger partial charge on any atom is 0.150 e. The van der Waals surface area contributed by atoms with E-state index < -0.39 is 11.6 Å². The van der Waals surface area contributed by atoms with Crippen LogP contribution >= 0.6 is 0 Å². The van der Waals surface area contributed by atoms with Gasteiger partial charge in [-0.1, -0.05) is 36.1 Å². The van der Waals surface area contributed by atoms with Crippen molar-refractivity contribution in [1.82, 2.24) is 4.98 Å². The molecule has 0 N–H and O–H groups in total. The van der Waals surface area contributed by atoms with E-state index in [9.17, 15) is 8.78 Å². The van der Waals surface area contributed by atoms with Crippen molar-refractivity contribution in [3.63, 3.8) is 0 Å². The molecule has 1 aliphatic rings. The lowest BCUT2D eigenvalue weighted by atomic mass is 10.1. The van der Waals surface area contributed by atoms with E-state index in [1.165, 1.54) is 12.1 Å². The molecule has 0 radical (unpaired) electrons. The van der Waals surface area contributed by atoms with Crippen LogP contribution in [-0.4, -0.2) is 18.7 Å². The van der Waals surface area contributed by atoms with Crippen LogP contribution in [0.1, 0.15) is 16.7 Å². The zero-order chi connectivity index (χ0) is 18.8. The van der Waals surface area contributed by atoms with Gasteiger partial charge < -0.3 is 9.80 Å². The summed E-state index contributed by atoms with van der Waals surface area (Å²) in [4.78, 5) is 7.88. The first kappa shape index (κ1) is 17.0. The highest BCUT2D eigenvalue weighted by Gasteiger charge is 2.25. The molecule has 2 aromatic carbocycles. The molecule has 0 spiro atoms. The van der Waals surface area contributed by atoms with Crippen molar-refractivity contribution in [2.45, 2.75) is 6.54 Å². The average Bonchev–Trinajstić information content (AvgIpc) is 2.67. The predicted molar refractivity (Wildman–Crippen MR) is 102 cm³/mol. The van der Waals surface area contributed by atoms with Gasteiger partial charge in [-0.3, -0.25) is 0 Å². The molecule has 0 saturated carbocycles. The molecule has 27 heavy (non-hydrogen) atoms. The maximum absolute atomic E-state index is 14.7. The van der Waals surface area contributed by atoms with E-state index in [0.717, 1.165) is 16.9 Å². The third-order valence-corrected chi connectivity index (χ3v) is 4.43. The Bertz CT molecular complexity index is 1020. The highest BCUT2D eigenvalue weighted by atomic mass is 19.1. The molecule has 0 fully saturated rings. The molecule has 3 aromatic rings. The largest absolute Gasteiger partial charge is 0.345 e. The number of aromatic nitrogens is 1. The van der Waals surface area contributed by atoms with E-state index in [2.05, 4.69) is 16.8 Å². The van der Waals surface area contributed by atoms with E-state index in [0.29, 0.717) is 18.8 Å². The van der Waals surface area contributed by atoms with Crippen molar-refractivity contribution in [3.05, 3.63) is 89.1 Å². The first-order chi connectivity index (χ1) is 13.1. The maximum atomic E-state index is 14.7. The predicted octanol–water partition coefficient (Wildman–Crippen LogP) is 4.17. The number of pyridine rings is 1. The van der Waals surface area contributed by atoms with Crippen LogP contribution in [0, 0.1) is 23.5 Å². The number of benzene rings is 2. The minimum absolute atomic E-state index is 0.0402. The molecule has 0 unspecified atom stereocenters. The number of fused-ring (bicyclic) bond motifs is 1. The number of hydrogen-bond donors (Lipinski definition) is 0. The van der Waals surface area contributed by atoms with Gasteiger partial charge in [0.25, 0.3) is 0 Å². The van der Waals surface area contributed by atoms with Gasteiger partial charge in [-0.2, -0.15) is 0 Å². The molecule has 0 bridgehead atoms. The van der Waals surface area contributed by atoms with Crippen LogP contribution in [0.5, 0.6) is 0 Å². The minimum Gasteiger partial charge on any atom is -0.345 e. The molecule has 1 aliphatic heterocycles. The fourth-order valence-electron chi connectivity index (χ4n) is 3.23. The third kappa shape index (κ3) is 3.47. The van der Waals surface area contributed by atoms with Crippen molar-refractivity contribution >= 4 is 11.5 Å². The van der Waals surface area contributed by atoms with Crippen LogP contribution in [0.15, 0.2) is 60.8 Å². The fourth-order valence-corrected chi connectivity index (χ4v) is 3.23. The number of anilines is 2. The molecule has 3 nitrogen and oxygen atoms in total. The van der Waals surface area contributed by atoms with Gasteiger partial charge in [-0.05, 0) is 30.3 Å². The van der Waals surface area contributed by atoms with Crippen molar-refractivity contribution in [2.24, 2.45) is 0 Å². The molecular weight excluding hydrogens is 344 g/mol. The quantitative estimate of drug-likeness (QED) is 0.607. The summed E-state index contributed by atoms with van der Waals surface area (Å²) in [6.45, 7) is 0.753. The molecule has 0 saturated heterocycles. The van der Waals surface area contributed by atoms with Crippen LogP contribution in [0.3, 0.4) is 0 Å². The zero-order valence-electron chi connectivity index (χ0n) is 14.8. The van der Waals surface area contributed by atoms with E-state index in [4.69, 9.17) is 0 Å². The van der Waals surface area contributed by atoms with E-state index in [-0.39, 0.29) is 5.69 Å². The fraction of sp³-hybridized carbons (Fsp3) is 0.136. The minimum atomic E-state index is -0.617. The summed E-state index contributed by atoms with van der Waals surface area (Å²) in [7, 11) is 1.85. The molecule has 5 heteroatoms. The first-order valence-corrected chi connectivity index (χ1v) is 8.58. The summed E-state index contributed by atoms with van der Waals surface area (Å²) in [6.07, 6.45) is 1.71. The Kier molecular flexibility index (Phi) is 4.47. The van der Waals surface area contributed by atoms with Gasteiger partial charge in [-0.25, -0.2) is 13.8 Å². The molecular formula is C22H17F2N3. The summed E-state index contributed by atoms with van der Waals surface area (Å²) in [6, 6.07) is 15.6. The summed E-state index contributed by atoms with van der Waals surface area (Å²) < 4.78 is 29.5. The Morgan fingerprint density at radius 1 is 0.926 bits per heavy atom. The number of hydrogen-bond acceptors (Lipinski definition) is 3. The van der Waals surface area contributed by atoms with Crippen molar-refractivity contribution in [3.8, 4) is 11.8 Å². The van der Waals surface area contributed by atoms with Crippen LogP contribution in [0.2, 0.25) is 0 Å². The molecule has 0 aliphatic carbocycles. The highest BCUT2D eigenvalue weighted by molar-refractivity contribution is 5.59. The zero-order valence-corrected chi connectivity index (χ0v) is 14.8. The second-order valence-electron chi connectivity index (χ2n) is 6.43. The molecule has 134 valence electrons. The Labute approximate surface area is 156 Å². The average molecular weight is 361 g/mol. The second kappa shape index (κ2) is 7.08. The number of rotatable bonds is 1. The third-order valence-electron chi connectivity index (χ3n) is 4.43. The van der Waals surface area contributed by atoms with Crippen LogP contribution < -0.4 is 9.80 Å². The lowest BCUT2D eigenvalue weighted by molar-refractivity contribution is 0.563. The molecule has 2 heterocycles. The number of halogens is 2. The molecule has 1 aromatic heterocycles. The summed E-state index contributed by atoms with van der Waals surface area (Å²) >= 11 is 0. The van der Waals surface area contributed by atoms with Gasteiger partial charge in [0.2, 0.25) is 0 Å². The van der Waals surface area contributed by atoms with Gasteiger partial charge >= 0.3 is 0 Å². The molecule has 0 amide bonds. The highest BCUT2D eigenvalue weighted by Crippen LogP contribution is 2.31. The first-order valence-electron chi connectivity index (χ1n) is 8.58. The summed E-state index contributed by atoms with van der Waals surface area (Å²) in [5, 5.41) is 0. The smallest absolute Gasteiger partial charge is 0.150 e. The topological polar surface area (TPSA) is 19.4 Å². The van der Waals surface area contributed by atoms with Crippen molar-refractivity contribution < 1.29 is 8.78 Å². The van der Waals surface area contributed by atoms with Crippen LogP contribution in [0.25, 0.3) is 0 Å². The van der Waals surface area contributed by atoms with Gasteiger partial charge in [0.15, 0.2) is 11.6 Å². The standard InChI is InChI=1S/C22H17F2N3/c1-26-15-27(14-18-8-5-11-25-22(18)26)21-19(23)12-17(13-20(21)24)10-9-16-6-3-2-4-7-16/h2-8,11-13H,14-15H2,1H3. The van der Waals surface area contributed by atoms with E-state index in [1.54, 1.807) is 11.1 Å². The second-order valence-corrected chi connectivity index (χ2v) is 6.43. The Morgan fingerprint density at radius 3 is 2.37 bits per heavy atom. The van der Waals surface area contributed by atoms with Gasteiger partial charge in [0, 0.05) is 36.5 Å². The van der Waals surface area contributed by atoms with E-state index in [1.807, 2.05) is 54.4 Å². The summed E-state index contributed by atoms with van der Waals surface area (Å²) in [5.74, 6) is 5.35. The molecule has 4 rings (SSSR count). The lowest BCUT2D eigenvalue weighted by Gasteiger charge is -2.36. The monoisotopic (exact) mass is 361 g/mol.